The van der Waals surface area contributed by atoms with Crippen molar-refractivity contribution in [1.82, 2.24) is 5.32 Å². The standard InChI is InChI=1S/C19H27ClFNO2/c1-7-8-9-14-15(20)10-13(11-16(14)21)17(12(2)3)22-18(23)24-19(4,5)6/h10-11H,7-9H2,1-6H3,(H,22,23). The van der Waals surface area contributed by atoms with E-state index in [2.05, 4.69) is 5.32 Å². The molecule has 0 spiro atoms. The number of ether oxygens (including phenoxy) is 1. The molecule has 1 rings (SSSR count). The van der Waals surface area contributed by atoms with E-state index in [9.17, 15) is 9.18 Å². The fraction of sp³-hybridized carbons (Fsp3) is 0.526. The third kappa shape index (κ3) is 6.16. The first-order valence-corrected chi connectivity index (χ1v) is 8.58. The first-order chi connectivity index (χ1) is 11.0. The number of unbranched alkanes of at least 4 members (excludes halogenated alkanes) is 1. The minimum atomic E-state index is -0.607. The summed E-state index contributed by atoms with van der Waals surface area (Å²) in [5.41, 5.74) is 1.78. The predicted molar refractivity (Wildman–Crippen MR) is 97.7 cm³/mol. The lowest BCUT2D eigenvalue weighted by molar-refractivity contribution is 0.0557. The van der Waals surface area contributed by atoms with Gasteiger partial charge in [-0.1, -0.05) is 30.5 Å². The zero-order valence-electron chi connectivity index (χ0n) is 15.3. The first kappa shape index (κ1) is 20.5. The summed E-state index contributed by atoms with van der Waals surface area (Å²) in [4.78, 5) is 12.0. The zero-order chi connectivity index (χ0) is 18.5. The Labute approximate surface area is 149 Å². The van der Waals surface area contributed by atoms with E-state index in [0.717, 1.165) is 18.4 Å². The van der Waals surface area contributed by atoms with Gasteiger partial charge in [-0.3, -0.25) is 5.32 Å². The lowest BCUT2D eigenvalue weighted by atomic mass is 10.0. The Hall–Kier alpha value is -1.55. The van der Waals surface area contributed by atoms with Gasteiger partial charge in [-0.05, 0) is 59.6 Å². The van der Waals surface area contributed by atoms with Crippen LogP contribution in [0.2, 0.25) is 5.02 Å². The Bertz CT molecular complexity index is 606. The van der Waals surface area contributed by atoms with E-state index in [4.69, 9.17) is 16.3 Å². The van der Waals surface area contributed by atoms with Crippen LogP contribution in [0, 0.1) is 5.82 Å². The Morgan fingerprint density at radius 1 is 1.29 bits per heavy atom. The molecule has 1 amide bonds. The van der Waals surface area contributed by atoms with Crippen LogP contribution in [-0.2, 0) is 11.2 Å². The van der Waals surface area contributed by atoms with E-state index >= 15 is 0 Å². The fourth-order valence-corrected chi connectivity index (χ4v) is 2.53. The lowest BCUT2D eigenvalue weighted by Gasteiger charge is -2.21. The van der Waals surface area contributed by atoms with Crippen LogP contribution in [0.15, 0.2) is 17.7 Å². The summed E-state index contributed by atoms with van der Waals surface area (Å²) in [5, 5.41) is 3.08. The van der Waals surface area contributed by atoms with E-state index in [1.807, 2.05) is 20.8 Å². The van der Waals surface area contributed by atoms with Crippen LogP contribution < -0.4 is 5.32 Å². The summed E-state index contributed by atoms with van der Waals surface area (Å²) in [7, 11) is 0. The molecule has 0 atom stereocenters. The molecule has 0 fully saturated rings. The van der Waals surface area contributed by atoms with Crippen molar-refractivity contribution in [3.05, 3.63) is 39.7 Å². The van der Waals surface area contributed by atoms with Crippen molar-refractivity contribution in [2.45, 2.75) is 66.4 Å². The molecule has 1 aromatic carbocycles. The summed E-state index contributed by atoms with van der Waals surface area (Å²) in [6, 6.07) is 3.10. The van der Waals surface area contributed by atoms with Crippen molar-refractivity contribution in [2.24, 2.45) is 0 Å². The van der Waals surface area contributed by atoms with Gasteiger partial charge in [-0.15, -0.1) is 0 Å². The molecular weight excluding hydrogens is 329 g/mol. The number of hydrogen-bond acceptors (Lipinski definition) is 2. The highest BCUT2D eigenvalue weighted by Crippen LogP contribution is 2.27. The highest BCUT2D eigenvalue weighted by molar-refractivity contribution is 6.31. The number of carbonyl (C=O) groups is 1. The molecule has 24 heavy (non-hydrogen) atoms. The summed E-state index contributed by atoms with van der Waals surface area (Å²) in [6.07, 6.45) is 1.87. The van der Waals surface area contributed by atoms with Crippen molar-refractivity contribution in [3.63, 3.8) is 0 Å². The number of benzene rings is 1. The Kier molecular flexibility index (Phi) is 7.27. The summed E-state index contributed by atoms with van der Waals surface area (Å²) in [5.74, 6) is -0.351. The van der Waals surface area contributed by atoms with Gasteiger partial charge in [-0.25, -0.2) is 9.18 Å². The third-order valence-corrected chi connectivity index (χ3v) is 3.67. The quantitative estimate of drug-likeness (QED) is 0.693. The van der Waals surface area contributed by atoms with Crippen LogP contribution in [0.4, 0.5) is 9.18 Å². The van der Waals surface area contributed by atoms with Crippen molar-refractivity contribution in [2.75, 3.05) is 0 Å². The highest BCUT2D eigenvalue weighted by Gasteiger charge is 2.19. The monoisotopic (exact) mass is 355 g/mol. The van der Waals surface area contributed by atoms with Gasteiger partial charge in [0.25, 0.3) is 0 Å². The smallest absolute Gasteiger partial charge is 0.412 e. The van der Waals surface area contributed by atoms with Crippen molar-refractivity contribution >= 4 is 23.4 Å². The largest absolute Gasteiger partial charge is 0.444 e. The van der Waals surface area contributed by atoms with Gasteiger partial charge < -0.3 is 4.74 Å². The van der Waals surface area contributed by atoms with E-state index in [0.29, 0.717) is 28.3 Å². The van der Waals surface area contributed by atoms with Gasteiger partial charge >= 0.3 is 6.09 Å². The van der Waals surface area contributed by atoms with Crippen molar-refractivity contribution in [3.8, 4) is 0 Å². The number of carbonyl (C=O) groups excluding carboxylic acids is 1. The average molecular weight is 356 g/mol. The van der Waals surface area contributed by atoms with Crippen LogP contribution in [0.1, 0.15) is 65.5 Å². The average Bonchev–Trinajstić information content (AvgIpc) is 2.41. The topological polar surface area (TPSA) is 38.3 Å². The molecule has 5 heteroatoms. The maximum absolute atomic E-state index is 14.4. The summed E-state index contributed by atoms with van der Waals surface area (Å²) in [6.45, 7) is 11.1. The van der Waals surface area contributed by atoms with Gasteiger partial charge in [0.05, 0.1) is 5.70 Å². The lowest BCUT2D eigenvalue weighted by Crippen LogP contribution is -2.32. The minimum Gasteiger partial charge on any atom is -0.444 e. The molecule has 0 bridgehead atoms. The molecular formula is C19H27ClFNO2. The zero-order valence-corrected chi connectivity index (χ0v) is 16.1. The van der Waals surface area contributed by atoms with Gasteiger partial charge in [0.2, 0.25) is 0 Å². The SMILES string of the molecule is CCCCc1c(F)cc(C(NC(=O)OC(C)(C)C)=C(C)C)cc1Cl. The van der Waals surface area contributed by atoms with Crippen LogP contribution >= 0.6 is 11.6 Å². The Morgan fingerprint density at radius 3 is 2.38 bits per heavy atom. The molecule has 0 aliphatic rings. The molecule has 1 N–H and O–H groups in total. The van der Waals surface area contributed by atoms with Crippen LogP contribution in [0.3, 0.4) is 0 Å². The maximum atomic E-state index is 14.4. The summed E-state index contributed by atoms with van der Waals surface area (Å²) < 4.78 is 19.7. The van der Waals surface area contributed by atoms with Gasteiger partial charge in [-0.2, -0.15) is 0 Å². The molecule has 0 unspecified atom stereocenters. The first-order valence-electron chi connectivity index (χ1n) is 8.21. The Morgan fingerprint density at radius 2 is 1.92 bits per heavy atom. The number of nitrogens with one attached hydrogen (secondary N) is 1. The number of halogens is 2. The van der Waals surface area contributed by atoms with Crippen LogP contribution in [-0.4, -0.2) is 11.7 Å². The molecule has 0 aromatic heterocycles. The van der Waals surface area contributed by atoms with Gasteiger partial charge in [0.1, 0.15) is 11.4 Å². The van der Waals surface area contributed by atoms with Gasteiger partial charge in [0, 0.05) is 16.1 Å². The number of alkyl carbamates (subject to hydrolysis) is 1. The number of rotatable bonds is 5. The molecule has 0 aliphatic carbocycles. The second-order valence-corrected chi connectivity index (χ2v) is 7.43. The number of hydrogen-bond donors (Lipinski definition) is 1. The van der Waals surface area contributed by atoms with E-state index in [1.54, 1.807) is 26.8 Å². The highest BCUT2D eigenvalue weighted by atomic mass is 35.5. The second-order valence-electron chi connectivity index (χ2n) is 7.02. The molecule has 0 saturated heterocycles. The van der Waals surface area contributed by atoms with Gasteiger partial charge in [0.15, 0.2) is 0 Å². The maximum Gasteiger partial charge on any atom is 0.412 e. The van der Waals surface area contributed by atoms with Crippen LogP contribution in [0.25, 0.3) is 5.70 Å². The molecule has 1 aromatic rings. The third-order valence-electron chi connectivity index (χ3n) is 3.34. The Balaban J connectivity index is 3.11. The van der Waals surface area contributed by atoms with Crippen LogP contribution in [0.5, 0.6) is 0 Å². The number of amides is 1. The normalized spacial score (nSPS) is 11.2. The van der Waals surface area contributed by atoms with Crippen molar-refractivity contribution in [1.29, 1.82) is 0 Å². The fourth-order valence-electron chi connectivity index (χ4n) is 2.23. The molecule has 0 aliphatic heterocycles. The predicted octanol–water partition coefficient (Wildman–Crippen LogP) is 6.10. The van der Waals surface area contributed by atoms with E-state index < -0.39 is 11.7 Å². The molecule has 3 nitrogen and oxygen atoms in total. The van der Waals surface area contributed by atoms with Crippen molar-refractivity contribution < 1.29 is 13.9 Å². The minimum absolute atomic E-state index is 0.351. The molecule has 0 saturated carbocycles. The second kappa shape index (κ2) is 8.52. The molecule has 134 valence electrons. The number of allylic oxidation sites excluding steroid dienone is 1. The molecule has 0 radical (unpaired) electrons. The van der Waals surface area contributed by atoms with E-state index in [1.165, 1.54) is 6.07 Å². The molecule has 0 heterocycles. The van der Waals surface area contributed by atoms with E-state index in [-0.39, 0.29) is 5.82 Å². The summed E-state index contributed by atoms with van der Waals surface area (Å²) >= 11 is 6.26.